The Balaban J connectivity index is 0. The Kier molecular flexibility index (Phi) is 23.6. The first-order chi connectivity index (χ1) is 22.4. The molecule has 2 fully saturated rings. The van der Waals surface area contributed by atoms with E-state index < -0.39 is 5.60 Å². The summed E-state index contributed by atoms with van der Waals surface area (Å²) in [6.45, 7) is 14.4. The van der Waals surface area contributed by atoms with Crippen LogP contribution in [0.4, 0.5) is 16.4 Å². The number of carbonyl (C=O) groups is 1. The second-order valence-corrected chi connectivity index (χ2v) is 14.4. The van der Waals surface area contributed by atoms with Crippen molar-refractivity contribution in [3.63, 3.8) is 0 Å². The van der Waals surface area contributed by atoms with Gasteiger partial charge in [-0.2, -0.15) is 73.2 Å². The number of rotatable bonds is 9. The van der Waals surface area contributed by atoms with Crippen LogP contribution < -0.4 is 21.7 Å². The maximum absolute atomic E-state index is 12.0. The van der Waals surface area contributed by atoms with Gasteiger partial charge in [0.05, 0.1) is 12.4 Å². The summed E-state index contributed by atoms with van der Waals surface area (Å²) in [5.41, 5.74) is 9.50. The van der Waals surface area contributed by atoms with Gasteiger partial charge in [0.15, 0.2) is 11.3 Å². The number of aromatic nitrogens is 6. The molecule has 4 heterocycles. The van der Waals surface area contributed by atoms with Gasteiger partial charge in [-0.05, 0) is 84.0 Å². The minimum atomic E-state index is -0.477. The van der Waals surface area contributed by atoms with E-state index >= 15 is 0 Å². The van der Waals surface area contributed by atoms with Crippen LogP contribution in [0, 0.1) is 0 Å². The summed E-state index contributed by atoms with van der Waals surface area (Å²) in [4.78, 5) is 21.4. The van der Waals surface area contributed by atoms with Gasteiger partial charge in [0.1, 0.15) is 17.2 Å². The molecule has 304 valence electrons. The van der Waals surface area contributed by atoms with E-state index in [4.69, 9.17) is 20.4 Å². The van der Waals surface area contributed by atoms with Crippen molar-refractivity contribution in [3.05, 3.63) is 48.0 Å². The molecule has 1 amide bonds. The van der Waals surface area contributed by atoms with Crippen LogP contribution in [0.15, 0.2) is 36.7 Å². The fraction of sp³-hybridized carbons (Fsp3) is 0.639. The fourth-order valence-corrected chi connectivity index (χ4v) is 6.28. The third-order valence-corrected chi connectivity index (χ3v) is 9.32. The standard InChI is InChI=1S/C20H31N5O2.C15H23N5.CH4.ClH.4H2S/c1-6-13(2)16-12-18(25-17(24-16)9-10-21-25)22-14-7-8-15(11-14)23-19(26)27-20(3,4)5;1-3-10(2)13-9-15(18-12-5-4-11(16)8-12)20-14(19-13)6-7-17-20;;;;;;/h9-10,12-15,22H,6-8,11H2,1-5H3,(H,23,26);6-7,9-12,18H,3-5,8,16H2,1-2H3;1H4;1H;4*1H2/t13?,14-,15-;10?,11-,12-;;;;;;/m00....../s1. The molecule has 0 spiro atoms. The first-order valence-corrected chi connectivity index (χ1v) is 17.4. The lowest BCUT2D eigenvalue weighted by Gasteiger charge is -2.22. The molecule has 2 saturated carbocycles. The number of nitrogens with two attached hydrogens (primary N) is 1. The quantitative estimate of drug-likeness (QED) is 0.131. The molecule has 5 N–H and O–H groups in total. The smallest absolute Gasteiger partial charge is 0.407 e. The SMILES string of the molecule is C.CCC(C)c1cc(N[C@H]2CC[C@H](N)C2)n2nccc2n1.CCC(C)c1cc(N[C@H]2CC[C@H](NC(=O)OC(C)(C)C)C2)n2nccc2n1.Cl.S.S.S.S. The second kappa shape index (κ2) is 23.6. The van der Waals surface area contributed by atoms with E-state index in [1.165, 1.54) is 0 Å². The van der Waals surface area contributed by atoms with Gasteiger partial charge in [0, 0.05) is 59.8 Å². The lowest BCUT2D eigenvalue weighted by Crippen LogP contribution is -2.38. The predicted octanol–water partition coefficient (Wildman–Crippen LogP) is 8.14. The minimum Gasteiger partial charge on any atom is -0.444 e. The Morgan fingerprint density at radius 3 is 1.66 bits per heavy atom. The van der Waals surface area contributed by atoms with E-state index in [-0.39, 0.29) is 92.0 Å². The van der Waals surface area contributed by atoms with Gasteiger partial charge in [0.2, 0.25) is 0 Å². The van der Waals surface area contributed by atoms with Crippen LogP contribution in [0.1, 0.15) is 130 Å². The Morgan fingerprint density at radius 1 is 0.811 bits per heavy atom. The number of nitrogens with zero attached hydrogens (tertiary/aromatic N) is 6. The molecule has 0 aromatic carbocycles. The van der Waals surface area contributed by atoms with Crippen LogP contribution in [0.25, 0.3) is 11.3 Å². The molecule has 2 aliphatic carbocycles. The molecule has 0 bridgehead atoms. The summed E-state index contributed by atoms with van der Waals surface area (Å²) in [7, 11) is 0. The van der Waals surface area contributed by atoms with Gasteiger partial charge >= 0.3 is 6.09 Å². The van der Waals surface area contributed by atoms with Crippen molar-refractivity contribution >= 4 is 95.4 Å². The summed E-state index contributed by atoms with van der Waals surface area (Å²) < 4.78 is 9.09. The first kappa shape index (κ1) is 52.9. The molecule has 53 heavy (non-hydrogen) atoms. The Labute approximate surface area is 350 Å². The predicted molar refractivity (Wildman–Crippen MR) is 243 cm³/mol. The number of hydrogen-bond acceptors (Lipinski definition) is 9. The summed E-state index contributed by atoms with van der Waals surface area (Å²) in [6, 6.07) is 9.31. The summed E-state index contributed by atoms with van der Waals surface area (Å²) in [5, 5.41) is 19.0. The van der Waals surface area contributed by atoms with E-state index in [2.05, 4.69) is 66.0 Å². The number of nitrogens with one attached hydrogen (secondary N) is 3. The Hall–Kier alpha value is -2.24. The molecular formula is C36H67ClN10O2S4. The molecule has 0 aliphatic heterocycles. The van der Waals surface area contributed by atoms with Crippen molar-refractivity contribution in [2.75, 3.05) is 10.6 Å². The van der Waals surface area contributed by atoms with Crippen LogP contribution >= 0.6 is 66.4 Å². The summed E-state index contributed by atoms with van der Waals surface area (Å²) in [5.74, 6) is 2.86. The largest absolute Gasteiger partial charge is 0.444 e. The Bertz CT molecular complexity index is 1650. The number of ether oxygens (including phenoxy) is 1. The lowest BCUT2D eigenvalue weighted by atomic mass is 10.0. The number of fused-ring (bicyclic) bond motifs is 2. The van der Waals surface area contributed by atoms with Gasteiger partial charge in [-0.15, -0.1) is 12.4 Å². The number of hydrogen-bond donors (Lipinski definition) is 4. The maximum atomic E-state index is 12.0. The van der Waals surface area contributed by atoms with Crippen LogP contribution in [-0.2, 0) is 4.74 Å². The molecule has 4 aromatic rings. The van der Waals surface area contributed by atoms with Crippen LogP contribution in [0.2, 0.25) is 0 Å². The van der Waals surface area contributed by atoms with Crippen molar-refractivity contribution in [2.24, 2.45) is 5.73 Å². The molecular weight excluding hydrogens is 768 g/mol. The van der Waals surface area contributed by atoms with E-state index in [1.54, 1.807) is 12.4 Å². The van der Waals surface area contributed by atoms with Crippen molar-refractivity contribution in [1.29, 1.82) is 0 Å². The molecule has 6 rings (SSSR count). The highest BCUT2D eigenvalue weighted by atomic mass is 35.5. The van der Waals surface area contributed by atoms with Gasteiger partial charge in [-0.1, -0.05) is 35.1 Å². The van der Waals surface area contributed by atoms with E-state index in [9.17, 15) is 4.79 Å². The second-order valence-electron chi connectivity index (χ2n) is 14.4. The number of carbonyl (C=O) groups excluding carboxylic acids is 1. The minimum absolute atomic E-state index is 0. The fourth-order valence-electron chi connectivity index (χ4n) is 6.28. The molecule has 0 saturated heterocycles. The summed E-state index contributed by atoms with van der Waals surface area (Å²) in [6.07, 6.45) is 11.4. The van der Waals surface area contributed by atoms with Crippen molar-refractivity contribution in [3.8, 4) is 0 Å². The molecule has 17 heteroatoms. The van der Waals surface area contributed by atoms with Gasteiger partial charge in [-0.25, -0.2) is 14.8 Å². The first-order valence-electron chi connectivity index (χ1n) is 17.4. The zero-order chi connectivity index (χ0) is 33.7. The van der Waals surface area contributed by atoms with Crippen molar-refractivity contribution in [2.45, 2.75) is 149 Å². The monoisotopic (exact) mass is 834 g/mol. The Morgan fingerprint density at radius 2 is 1.25 bits per heavy atom. The average Bonchev–Trinajstić information content (AvgIpc) is 3.84. The molecule has 12 nitrogen and oxygen atoms in total. The molecule has 0 radical (unpaired) electrons. The third kappa shape index (κ3) is 14.4. The van der Waals surface area contributed by atoms with Gasteiger partial charge in [0.25, 0.3) is 0 Å². The summed E-state index contributed by atoms with van der Waals surface area (Å²) >= 11 is 0. The molecule has 2 aliphatic rings. The molecule has 2 unspecified atom stereocenters. The average molecular weight is 836 g/mol. The van der Waals surface area contributed by atoms with E-state index in [1.807, 2.05) is 41.9 Å². The highest BCUT2D eigenvalue weighted by Crippen LogP contribution is 2.27. The molecule has 4 aromatic heterocycles. The third-order valence-electron chi connectivity index (χ3n) is 9.32. The highest BCUT2D eigenvalue weighted by molar-refractivity contribution is 7.59. The van der Waals surface area contributed by atoms with Crippen LogP contribution in [0.5, 0.6) is 0 Å². The van der Waals surface area contributed by atoms with Gasteiger partial charge < -0.3 is 26.4 Å². The van der Waals surface area contributed by atoms with E-state index in [0.717, 1.165) is 85.7 Å². The number of anilines is 2. The number of amides is 1. The zero-order valence-electron chi connectivity index (χ0n) is 31.6. The number of alkyl carbamates (subject to hydrolysis) is 1. The van der Waals surface area contributed by atoms with Gasteiger partial charge in [-0.3, -0.25) is 0 Å². The van der Waals surface area contributed by atoms with Crippen LogP contribution in [0.3, 0.4) is 0 Å². The maximum Gasteiger partial charge on any atom is 0.407 e. The number of halogens is 1. The highest BCUT2D eigenvalue weighted by Gasteiger charge is 2.28. The lowest BCUT2D eigenvalue weighted by molar-refractivity contribution is 0.0505. The normalized spacial score (nSPS) is 19.9. The topological polar surface area (TPSA) is 149 Å². The van der Waals surface area contributed by atoms with Crippen molar-refractivity contribution in [1.82, 2.24) is 34.5 Å². The van der Waals surface area contributed by atoms with Crippen LogP contribution in [-0.4, -0.2) is 65.1 Å². The molecule has 6 atom stereocenters. The van der Waals surface area contributed by atoms with E-state index in [0.29, 0.717) is 23.9 Å². The van der Waals surface area contributed by atoms with Crippen molar-refractivity contribution < 1.29 is 9.53 Å². The zero-order valence-corrected chi connectivity index (χ0v) is 36.4.